The van der Waals surface area contributed by atoms with Gasteiger partial charge in [0, 0.05) is 30.9 Å². The maximum Gasteiger partial charge on any atom is 0.407 e. The number of anilines is 1. The first-order valence-corrected chi connectivity index (χ1v) is 8.23. The number of carbonyl (C=O) groups excluding carboxylic acids is 1. The number of methoxy groups -OCH3 is 1. The molecule has 2 atom stereocenters. The van der Waals surface area contributed by atoms with Gasteiger partial charge in [-0.2, -0.15) is 0 Å². The Labute approximate surface area is 141 Å². The molecule has 2 N–H and O–H groups in total. The van der Waals surface area contributed by atoms with Crippen molar-refractivity contribution in [2.75, 3.05) is 25.5 Å². The molecule has 0 saturated carbocycles. The lowest BCUT2D eigenvalue weighted by Crippen LogP contribution is -2.53. The fourth-order valence-electron chi connectivity index (χ4n) is 3.62. The van der Waals surface area contributed by atoms with Crippen LogP contribution in [0.4, 0.5) is 15.3 Å². The molecule has 1 aromatic carbocycles. The molecule has 24 heavy (non-hydrogen) atoms. The molecule has 1 saturated heterocycles. The largest absolute Gasteiger partial charge is 0.497 e. The average molecular weight is 333 g/mol. The summed E-state index contributed by atoms with van der Waals surface area (Å²) in [5, 5.41) is 12.2. The van der Waals surface area contributed by atoms with Crippen LogP contribution in [0.2, 0.25) is 0 Å². The van der Waals surface area contributed by atoms with Crippen LogP contribution in [-0.4, -0.2) is 59.3 Å². The van der Waals surface area contributed by atoms with E-state index < -0.39 is 6.09 Å². The summed E-state index contributed by atoms with van der Waals surface area (Å²) < 4.78 is 5.25. The van der Waals surface area contributed by atoms with Crippen LogP contribution in [0.3, 0.4) is 0 Å². The van der Waals surface area contributed by atoms with Crippen LogP contribution >= 0.6 is 0 Å². The van der Waals surface area contributed by atoms with Gasteiger partial charge in [0.1, 0.15) is 5.75 Å². The second-order valence-electron chi connectivity index (χ2n) is 6.40. The van der Waals surface area contributed by atoms with Gasteiger partial charge in [0.15, 0.2) is 0 Å². The Bertz CT molecular complexity index is 649. The molecule has 0 radical (unpaired) electrons. The lowest BCUT2D eigenvalue weighted by Gasteiger charge is -2.40. The number of fused-ring (bicyclic) bond motifs is 1. The predicted molar refractivity (Wildman–Crippen MR) is 89.6 cm³/mol. The van der Waals surface area contributed by atoms with Gasteiger partial charge >= 0.3 is 12.1 Å². The zero-order chi connectivity index (χ0) is 17.3. The Morgan fingerprint density at radius 3 is 2.83 bits per heavy atom. The highest BCUT2D eigenvalue weighted by atomic mass is 16.5. The summed E-state index contributed by atoms with van der Waals surface area (Å²) in [5.41, 5.74) is 1.88. The first-order valence-electron chi connectivity index (χ1n) is 8.23. The molecule has 2 aliphatic heterocycles. The quantitative estimate of drug-likeness (QED) is 0.871. The molecule has 3 rings (SSSR count). The Hall–Kier alpha value is -2.44. The number of benzene rings is 1. The molecule has 2 unspecified atom stereocenters. The van der Waals surface area contributed by atoms with Crippen LogP contribution in [0.5, 0.6) is 5.75 Å². The van der Waals surface area contributed by atoms with Crippen molar-refractivity contribution < 1.29 is 19.4 Å². The molecule has 0 aromatic heterocycles. The number of nitrogens with zero attached hydrogens (tertiary/aromatic N) is 2. The number of amides is 3. The highest BCUT2D eigenvalue weighted by Gasteiger charge is 2.34. The van der Waals surface area contributed by atoms with Crippen LogP contribution in [0.1, 0.15) is 25.3 Å². The lowest BCUT2D eigenvalue weighted by atomic mass is 9.97. The van der Waals surface area contributed by atoms with E-state index in [-0.39, 0.29) is 18.1 Å². The first-order chi connectivity index (χ1) is 11.5. The molecule has 0 aliphatic carbocycles. The molecular formula is C17H23N3O4. The van der Waals surface area contributed by atoms with Gasteiger partial charge in [0.05, 0.1) is 7.11 Å². The highest BCUT2D eigenvalue weighted by Crippen LogP contribution is 2.28. The first kappa shape index (κ1) is 16.4. The minimum Gasteiger partial charge on any atom is -0.497 e. The van der Waals surface area contributed by atoms with Crippen LogP contribution in [0, 0.1) is 0 Å². The average Bonchev–Trinajstić information content (AvgIpc) is 2.71. The molecular weight excluding hydrogens is 310 g/mol. The van der Waals surface area contributed by atoms with Crippen molar-refractivity contribution >= 4 is 17.8 Å². The molecule has 1 fully saturated rings. The number of urea groups is 1. The van der Waals surface area contributed by atoms with Crippen LogP contribution in [0.15, 0.2) is 18.2 Å². The van der Waals surface area contributed by atoms with E-state index in [2.05, 4.69) is 5.32 Å². The molecule has 2 heterocycles. The van der Waals surface area contributed by atoms with Crippen LogP contribution in [-0.2, 0) is 6.42 Å². The minimum absolute atomic E-state index is 0.0619. The molecule has 7 nitrogen and oxygen atoms in total. The number of carboxylic acid groups (broad SMARTS) is 1. The zero-order valence-electron chi connectivity index (χ0n) is 14.0. The van der Waals surface area contributed by atoms with E-state index in [1.807, 2.05) is 30.0 Å². The summed E-state index contributed by atoms with van der Waals surface area (Å²) in [6.07, 6.45) is 1.20. The number of piperidine rings is 1. The molecule has 0 bridgehead atoms. The second kappa shape index (κ2) is 6.59. The Balaban J connectivity index is 1.73. The summed E-state index contributed by atoms with van der Waals surface area (Å²) in [5.74, 6) is 0.778. The van der Waals surface area contributed by atoms with E-state index in [1.165, 1.54) is 4.90 Å². The van der Waals surface area contributed by atoms with Gasteiger partial charge in [-0.25, -0.2) is 9.59 Å². The van der Waals surface area contributed by atoms with E-state index in [9.17, 15) is 14.7 Å². The van der Waals surface area contributed by atoms with Crippen molar-refractivity contribution in [1.29, 1.82) is 0 Å². The van der Waals surface area contributed by atoms with Crippen molar-refractivity contribution in [1.82, 2.24) is 9.80 Å². The molecule has 0 spiro atoms. The smallest absolute Gasteiger partial charge is 0.407 e. The third-order valence-electron chi connectivity index (χ3n) is 4.97. The van der Waals surface area contributed by atoms with Crippen molar-refractivity contribution in [3.05, 3.63) is 23.8 Å². The monoisotopic (exact) mass is 333 g/mol. The van der Waals surface area contributed by atoms with Crippen LogP contribution < -0.4 is 10.1 Å². The van der Waals surface area contributed by atoms with E-state index in [0.717, 1.165) is 23.4 Å². The minimum atomic E-state index is -0.888. The third-order valence-corrected chi connectivity index (χ3v) is 4.97. The fraction of sp³-hybridized carbons (Fsp3) is 0.529. The van der Waals surface area contributed by atoms with Gasteiger partial charge in [-0.05, 0) is 49.9 Å². The van der Waals surface area contributed by atoms with Gasteiger partial charge < -0.3 is 25.0 Å². The SMILES string of the molecule is COc1ccc2c(c1)CCN(C1CCN(C(=O)O)C(C)C1)C(=O)N2. The van der Waals surface area contributed by atoms with E-state index >= 15 is 0 Å². The molecule has 3 amide bonds. The molecule has 7 heteroatoms. The number of hydrogen-bond acceptors (Lipinski definition) is 3. The number of likely N-dealkylation sites (tertiary alicyclic amines) is 1. The molecule has 130 valence electrons. The number of nitrogens with one attached hydrogen (secondary N) is 1. The normalized spacial score (nSPS) is 24.0. The van der Waals surface area contributed by atoms with Crippen molar-refractivity contribution in [2.24, 2.45) is 0 Å². The second-order valence-corrected chi connectivity index (χ2v) is 6.40. The fourth-order valence-corrected chi connectivity index (χ4v) is 3.62. The standard InChI is InChI=1S/C17H23N3O4/c1-11-9-13(6-8-19(11)17(22)23)20-7-5-12-10-14(24-2)3-4-15(12)18-16(20)21/h3-4,10-11,13H,5-9H2,1-2H3,(H,18,21)(H,22,23). The zero-order valence-corrected chi connectivity index (χ0v) is 14.0. The number of rotatable bonds is 2. The summed E-state index contributed by atoms with van der Waals surface area (Å²) in [6.45, 7) is 2.98. The molecule has 1 aromatic rings. The Morgan fingerprint density at radius 1 is 1.38 bits per heavy atom. The predicted octanol–water partition coefficient (Wildman–Crippen LogP) is 2.62. The Morgan fingerprint density at radius 2 is 2.17 bits per heavy atom. The van der Waals surface area contributed by atoms with Gasteiger partial charge in [-0.15, -0.1) is 0 Å². The Kier molecular flexibility index (Phi) is 4.51. The van der Waals surface area contributed by atoms with E-state index in [1.54, 1.807) is 7.11 Å². The number of ether oxygens (including phenoxy) is 1. The van der Waals surface area contributed by atoms with Gasteiger partial charge in [-0.3, -0.25) is 0 Å². The highest BCUT2D eigenvalue weighted by molar-refractivity contribution is 5.91. The van der Waals surface area contributed by atoms with Gasteiger partial charge in [-0.1, -0.05) is 0 Å². The van der Waals surface area contributed by atoms with Crippen molar-refractivity contribution in [2.45, 2.75) is 38.3 Å². The maximum atomic E-state index is 12.6. The summed E-state index contributed by atoms with van der Waals surface area (Å²) in [6, 6.07) is 5.52. The number of carbonyl (C=O) groups is 2. The topological polar surface area (TPSA) is 82.1 Å². The van der Waals surface area contributed by atoms with E-state index in [4.69, 9.17) is 4.74 Å². The summed E-state index contributed by atoms with van der Waals surface area (Å²) in [4.78, 5) is 27.1. The van der Waals surface area contributed by atoms with Gasteiger partial charge in [0.25, 0.3) is 0 Å². The molecule has 2 aliphatic rings. The lowest BCUT2D eigenvalue weighted by molar-refractivity contribution is 0.0804. The third kappa shape index (κ3) is 3.11. The van der Waals surface area contributed by atoms with E-state index in [0.29, 0.717) is 25.9 Å². The number of hydrogen-bond donors (Lipinski definition) is 2. The van der Waals surface area contributed by atoms with Crippen molar-refractivity contribution in [3.63, 3.8) is 0 Å². The van der Waals surface area contributed by atoms with Gasteiger partial charge in [0.2, 0.25) is 0 Å². The summed E-state index contributed by atoms with van der Waals surface area (Å²) in [7, 11) is 1.63. The van der Waals surface area contributed by atoms with Crippen LogP contribution in [0.25, 0.3) is 0 Å². The van der Waals surface area contributed by atoms with Crippen molar-refractivity contribution in [3.8, 4) is 5.75 Å². The maximum absolute atomic E-state index is 12.6. The summed E-state index contributed by atoms with van der Waals surface area (Å²) >= 11 is 0.